The maximum Gasteiger partial charge on any atom is 0.265 e. The minimum absolute atomic E-state index is 0.279. The summed E-state index contributed by atoms with van der Waals surface area (Å²) in [6, 6.07) is 21.0. The summed E-state index contributed by atoms with van der Waals surface area (Å²) < 4.78 is 10.9. The lowest BCUT2D eigenvalue weighted by Crippen LogP contribution is -2.43. The Morgan fingerprint density at radius 1 is 0.386 bits per heavy atom. The Morgan fingerprint density at radius 3 is 0.955 bits per heavy atom. The molecule has 4 aliphatic rings. The van der Waals surface area contributed by atoms with Crippen molar-refractivity contribution < 1.29 is 28.7 Å². The van der Waals surface area contributed by atoms with Gasteiger partial charge in [-0.25, -0.2) is 9.80 Å². The van der Waals surface area contributed by atoms with E-state index < -0.39 is 23.6 Å². The summed E-state index contributed by atoms with van der Waals surface area (Å²) in [7, 11) is 0. The van der Waals surface area contributed by atoms with Gasteiger partial charge in [-0.05, 0) is 72.8 Å². The van der Waals surface area contributed by atoms with Gasteiger partial charge in [0, 0.05) is 70.6 Å². The van der Waals surface area contributed by atoms with Crippen LogP contribution < -0.4 is 19.6 Å². The van der Waals surface area contributed by atoms with Crippen molar-refractivity contribution in [3.05, 3.63) is 95.1 Å². The van der Waals surface area contributed by atoms with Crippen LogP contribution >= 0.6 is 0 Å². The van der Waals surface area contributed by atoms with Gasteiger partial charge in [0.05, 0.1) is 37.8 Å². The second kappa shape index (κ2) is 10.3. The largest absolute Gasteiger partial charge is 0.378 e. The molecule has 4 heterocycles. The summed E-state index contributed by atoms with van der Waals surface area (Å²) in [4.78, 5) is 62.0. The second-order valence-electron chi connectivity index (χ2n) is 11.2. The predicted molar refractivity (Wildman–Crippen MR) is 165 cm³/mol. The van der Waals surface area contributed by atoms with Crippen LogP contribution in [0, 0.1) is 0 Å². The molecule has 0 unspecified atom stereocenters. The number of anilines is 4. The molecule has 10 heteroatoms. The first-order chi connectivity index (χ1) is 21.5. The molecule has 0 radical (unpaired) electrons. The minimum atomic E-state index is -0.494. The number of hydrogen-bond donors (Lipinski definition) is 0. The highest BCUT2D eigenvalue weighted by atomic mass is 16.5. The molecule has 0 aromatic heterocycles. The number of carbonyl (C=O) groups is 4. The molecule has 0 saturated carbocycles. The van der Waals surface area contributed by atoms with E-state index in [-0.39, 0.29) is 22.3 Å². The first-order valence-corrected chi connectivity index (χ1v) is 14.7. The van der Waals surface area contributed by atoms with Crippen molar-refractivity contribution in [2.75, 3.05) is 72.2 Å². The first kappa shape index (κ1) is 26.6. The van der Waals surface area contributed by atoms with Crippen molar-refractivity contribution in [3.63, 3.8) is 0 Å². The van der Waals surface area contributed by atoms with Gasteiger partial charge < -0.3 is 19.3 Å². The molecule has 8 rings (SSSR count). The van der Waals surface area contributed by atoms with Crippen molar-refractivity contribution in [3.8, 4) is 0 Å². The van der Waals surface area contributed by atoms with Gasteiger partial charge in [-0.15, -0.1) is 0 Å². The van der Waals surface area contributed by atoms with E-state index in [0.29, 0.717) is 48.6 Å². The highest BCUT2D eigenvalue weighted by Gasteiger charge is 2.40. The van der Waals surface area contributed by atoms with Gasteiger partial charge >= 0.3 is 0 Å². The number of nitrogens with zero attached hydrogens (tertiary/aromatic N) is 4. The van der Waals surface area contributed by atoms with E-state index in [0.717, 1.165) is 47.4 Å². The van der Waals surface area contributed by atoms with E-state index in [9.17, 15) is 19.2 Å². The Hall–Kier alpha value is -5.06. The third-order valence-electron chi connectivity index (χ3n) is 8.86. The van der Waals surface area contributed by atoms with Gasteiger partial charge in [-0.3, -0.25) is 19.2 Å². The lowest BCUT2D eigenvalue weighted by molar-refractivity contribution is 0.0873. The van der Waals surface area contributed by atoms with Crippen LogP contribution in [0.4, 0.5) is 22.7 Å². The molecule has 0 aliphatic carbocycles. The molecule has 0 bridgehead atoms. The predicted octanol–water partition coefficient (Wildman–Crippen LogP) is 4.11. The number of carbonyl (C=O) groups excluding carboxylic acids is 4. The van der Waals surface area contributed by atoms with E-state index in [2.05, 4.69) is 9.80 Å². The number of ether oxygens (including phenoxy) is 2. The van der Waals surface area contributed by atoms with E-state index in [1.807, 2.05) is 24.3 Å². The van der Waals surface area contributed by atoms with Crippen LogP contribution in [0.2, 0.25) is 0 Å². The molecule has 44 heavy (non-hydrogen) atoms. The fraction of sp³-hybridized carbons (Fsp3) is 0.235. The zero-order valence-electron chi connectivity index (χ0n) is 23.8. The number of morpholine rings is 2. The average Bonchev–Trinajstić information content (AvgIpc) is 3.08. The average molecular weight is 589 g/mol. The van der Waals surface area contributed by atoms with Crippen molar-refractivity contribution >= 4 is 57.2 Å². The van der Waals surface area contributed by atoms with E-state index in [1.54, 1.807) is 48.5 Å². The van der Waals surface area contributed by atoms with Gasteiger partial charge in [-0.2, -0.15) is 0 Å². The molecule has 4 amide bonds. The van der Waals surface area contributed by atoms with Crippen molar-refractivity contribution in [2.45, 2.75) is 0 Å². The lowest BCUT2D eigenvalue weighted by atomic mass is 9.85. The zero-order chi connectivity index (χ0) is 29.9. The Bertz CT molecular complexity index is 1650. The van der Waals surface area contributed by atoms with Crippen molar-refractivity contribution in [1.29, 1.82) is 0 Å². The maximum atomic E-state index is 13.8. The number of benzene rings is 4. The summed E-state index contributed by atoms with van der Waals surface area (Å²) in [6.45, 7) is 5.70. The molecule has 4 aromatic carbocycles. The first-order valence-electron chi connectivity index (χ1n) is 14.7. The van der Waals surface area contributed by atoms with Crippen LogP contribution in [0.3, 0.4) is 0 Å². The quantitative estimate of drug-likeness (QED) is 0.329. The van der Waals surface area contributed by atoms with Crippen LogP contribution in [0.25, 0.3) is 10.8 Å². The third kappa shape index (κ3) is 4.02. The summed E-state index contributed by atoms with van der Waals surface area (Å²) in [5, 5.41) is 0.695. The van der Waals surface area contributed by atoms with Crippen LogP contribution in [0.1, 0.15) is 41.4 Å². The van der Waals surface area contributed by atoms with E-state index >= 15 is 0 Å². The highest BCUT2D eigenvalue weighted by molar-refractivity contribution is 6.42. The molecule has 2 fully saturated rings. The molecule has 4 aliphatic heterocycles. The second-order valence-corrected chi connectivity index (χ2v) is 11.2. The Labute approximate surface area is 252 Å². The third-order valence-corrected chi connectivity index (χ3v) is 8.86. The van der Waals surface area contributed by atoms with E-state index in [4.69, 9.17) is 9.47 Å². The SMILES string of the molecule is O=C1c2ccc3c4c(ccc(c24)C(=O)N1c1ccc(N2CCOCC2)cc1)C(=O)N(c1ccc(N2CCOCC2)cc1)C3=O. The molecule has 0 N–H and O–H groups in total. The summed E-state index contributed by atoms with van der Waals surface area (Å²) in [6.07, 6.45) is 0. The fourth-order valence-electron chi connectivity index (χ4n) is 6.61. The molecule has 220 valence electrons. The smallest absolute Gasteiger partial charge is 0.265 e. The zero-order valence-corrected chi connectivity index (χ0v) is 23.8. The topological polar surface area (TPSA) is 99.7 Å². The van der Waals surface area contributed by atoms with Gasteiger partial charge in [0.15, 0.2) is 0 Å². The number of amides is 4. The monoisotopic (exact) mass is 588 g/mol. The molecular formula is C34H28N4O6. The van der Waals surface area contributed by atoms with Gasteiger partial charge in [0.1, 0.15) is 0 Å². The molecular weight excluding hydrogens is 560 g/mol. The molecule has 0 atom stereocenters. The lowest BCUT2D eigenvalue weighted by Gasteiger charge is -2.33. The van der Waals surface area contributed by atoms with Gasteiger partial charge in [0.25, 0.3) is 23.6 Å². The normalized spacial score (nSPS) is 18.5. The van der Waals surface area contributed by atoms with Crippen LogP contribution in [-0.4, -0.2) is 76.2 Å². The maximum absolute atomic E-state index is 13.8. The van der Waals surface area contributed by atoms with Crippen LogP contribution in [0.15, 0.2) is 72.8 Å². The molecule has 4 aromatic rings. The molecule has 10 nitrogen and oxygen atoms in total. The minimum Gasteiger partial charge on any atom is -0.378 e. The number of rotatable bonds is 4. The van der Waals surface area contributed by atoms with E-state index in [1.165, 1.54) is 0 Å². The highest BCUT2D eigenvalue weighted by Crippen LogP contribution is 2.40. The summed E-state index contributed by atoms with van der Waals surface area (Å²) in [5.74, 6) is -1.98. The molecule has 0 spiro atoms. The van der Waals surface area contributed by atoms with Gasteiger partial charge in [0.2, 0.25) is 0 Å². The van der Waals surface area contributed by atoms with Crippen molar-refractivity contribution in [2.24, 2.45) is 0 Å². The Kier molecular flexibility index (Phi) is 6.21. The van der Waals surface area contributed by atoms with Gasteiger partial charge in [-0.1, -0.05) is 0 Å². The van der Waals surface area contributed by atoms with Crippen LogP contribution in [-0.2, 0) is 9.47 Å². The van der Waals surface area contributed by atoms with Crippen LogP contribution in [0.5, 0.6) is 0 Å². The standard InChI is InChI=1S/C34H28N4O6/c39-31-25-9-11-27-30-28(34(42)38(33(27)41)24-7-3-22(4-8-24)36-15-19-44-20-16-36)12-10-26(29(25)30)32(40)37(31)23-5-1-21(2-6-23)35-13-17-43-18-14-35/h1-12H,13-20H2. The number of imide groups is 2. The van der Waals surface area contributed by atoms with Crippen molar-refractivity contribution in [1.82, 2.24) is 0 Å². The number of hydrogen-bond acceptors (Lipinski definition) is 8. The summed E-state index contributed by atoms with van der Waals surface area (Å²) >= 11 is 0. The summed E-state index contributed by atoms with van der Waals surface area (Å²) in [5.41, 5.74) is 4.01. The Morgan fingerprint density at radius 2 is 0.659 bits per heavy atom. The fourth-order valence-corrected chi connectivity index (χ4v) is 6.61. The Balaban J connectivity index is 1.14. The molecule has 2 saturated heterocycles.